The third-order valence-corrected chi connectivity index (χ3v) is 1.42. The van der Waals surface area contributed by atoms with Crippen LogP contribution in [0.15, 0.2) is 0 Å². The van der Waals surface area contributed by atoms with Crippen LogP contribution in [0.25, 0.3) is 0 Å². The Morgan fingerprint density at radius 3 is 2.44 bits per heavy atom. The molecule has 0 saturated carbocycles. The molecular formula is C6H8N2S. The lowest BCUT2D eigenvalue weighted by molar-refractivity contribution is 1.04. The van der Waals surface area contributed by atoms with Gasteiger partial charge in [-0.15, -0.1) is 16.6 Å². The Kier molecular flexibility index (Phi) is 2.89. The van der Waals surface area contributed by atoms with Crippen molar-refractivity contribution in [1.29, 1.82) is 0 Å². The van der Waals surface area contributed by atoms with Gasteiger partial charge in [0, 0.05) is 0 Å². The van der Waals surface area contributed by atoms with E-state index in [0.717, 1.165) is 5.01 Å². The molecule has 0 aliphatic rings. The smallest absolute Gasteiger partial charge is 0.143 e. The molecule has 1 aromatic rings. The van der Waals surface area contributed by atoms with Crippen LogP contribution in [0.5, 0.6) is 0 Å². The molecule has 0 spiro atoms. The van der Waals surface area contributed by atoms with Gasteiger partial charge in [-0.2, -0.15) is 0 Å². The van der Waals surface area contributed by atoms with Crippen LogP contribution in [-0.2, 0) is 0 Å². The Labute approximate surface area is 58.9 Å². The zero-order valence-electron chi connectivity index (χ0n) is 4.38. The third kappa shape index (κ3) is 1.82. The Morgan fingerprint density at radius 2 is 2.22 bits per heavy atom. The second kappa shape index (κ2) is 3.21. The molecule has 0 N–H and O–H groups in total. The van der Waals surface area contributed by atoms with E-state index in [0.29, 0.717) is 5.01 Å². The van der Waals surface area contributed by atoms with E-state index in [2.05, 4.69) is 16.1 Å². The van der Waals surface area contributed by atoms with Gasteiger partial charge in [-0.3, -0.25) is 0 Å². The monoisotopic (exact) mass is 140 g/mol. The lowest BCUT2D eigenvalue weighted by Crippen LogP contribution is -1.69. The van der Waals surface area contributed by atoms with Crippen LogP contribution in [-0.4, -0.2) is 10.2 Å². The summed E-state index contributed by atoms with van der Waals surface area (Å²) in [4.78, 5) is 0. The van der Waals surface area contributed by atoms with E-state index in [-0.39, 0.29) is 7.43 Å². The van der Waals surface area contributed by atoms with Crippen LogP contribution in [0.1, 0.15) is 17.4 Å². The van der Waals surface area contributed by atoms with Gasteiger partial charge in [-0.25, -0.2) is 0 Å². The van der Waals surface area contributed by atoms with Gasteiger partial charge in [-0.05, 0) is 12.8 Å². The largest absolute Gasteiger partial charge is 0.190 e. The molecule has 0 unspecified atom stereocenters. The predicted molar refractivity (Wildman–Crippen MR) is 39.3 cm³/mol. The van der Waals surface area contributed by atoms with E-state index in [1.807, 2.05) is 6.92 Å². The molecule has 9 heavy (non-hydrogen) atoms. The van der Waals surface area contributed by atoms with Crippen LogP contribution in [0.3, 0.4) is 0 Å². The first-order valence-corrected chi connectivity index (χ1v) is 2.91. The van der Waals surface area contributed by atoms with Gasteiger partial charge < -0.3 is 0 Å². The van der Waals surface area contributed by atoms with Crippen molar-refractivity contribution >= 4 is 11.3 Å². The fourth-order valence-electron chi connectivity index (χ4n) is 0.355. The molecule has 1 rings (SSSR count). The number of rotatable bonds is 0. The fraction of sp³-hybridized carbons (Fsp3) is 0.333. The number of aryl methyl sites for hydroxylation is 1. The zero-order chi connectivity index (χ0) is 5.98. The summed E-state index contributed by atoms with van der Waals surface area (Å²) in [7, 11) is 0. The molecule has 0 fully saturated rings. The summed E-state index contributed by atoms with van der Waals surface area (Å²) in [6.07, 6.45) is 5.02. The summed E-state index contributed by atoms with van der Waals surface area (Å²) in [6, 6.07) is 0. The summed E-state index contributed by atoms with van der Waals surface area (Å²) in [5.41, 5.74) is 0. The average molecular weight is 140 g/mol. The molecule has 0 bridgehead atoms. The maximum absolute atomic E-state index is 5.02. The molecule has 1 aromatic heterocycles. The quantitative estimate of drug-likeness (QED) is 0.510. The van der Waals surface area contributed by atoms with Crippen molar-refractivity contribution < 1.29 is 0 Å². The lowest BCUT2D eigenvalue weighted by Gasteiger charge is -1.65. The van der Waals surface area contributed by atoms with Crippen molar-refractivity contribution in [3.8, 4) is 12.3 Å². The van der Waals surface area contributed by atoms with Gasteiger partial charge >= 0.3 is 0 Å². The van der Waals surface area contributed by atoms with E-state index >= 15 is 0 Å². The molecule has 1 heterocycles. The maximum atomic E-state index is 5.02. The highest BCUT2D eigenvalue weighted by atomic mass is 32.1. The number of hydrogen-bond acceptors (Lipinski definition) is 3. The Balaban J connectivity index is 0.000000640. The van der Waals surface area contributed by atoms with Crippen LogP contribution in [0.2, 0.25) is 0 Å². The van der Waals surface area contributed by atoms with E-state index < -0.39 is 0 Å². The van der Waals surface area contributed by atoms with Crippen molar-refractivity contribution in [2.75, 3.05) is 0 Å². The molecule has 3 heteroatoms. The van der Waals surface area contributed by atoms with Crippen molar-refractivity contribution in [2.24, 2.45) is 0 Å². The molecule has 0 amide bonds. The fourth-order valence-corrected chi connectivity index (χ4v) is 0.857. The van der Waals surface area contributed by atoms with Crippen LogP contribution in [0, 0.1) is 19.3 Å². The van der Waals surface area contributed by atoms with Crippen molar-refractivity contribution in [3.05, 3.63) is 10.0 Å². The van der Waals surface area contributed by atoms with Crippen molar-refractivity contribution in [1.82, 2.24) is 10.2 Å². The summed E-state index contributed by atoms with van der Waals surface area (Å²) in [5.74, 6) is 2.39. The molecule has 0 saturated heterocycles. The first-order chi connectivity index (χ1) is 3.83. The number of aromatic nitrogens is 2. The summed E-state index contributed by atoms with van der Waals surface area (Å²) in [5, 5.41) is 8.95. The van der Waals surface area contributed by atoms with E-state index in [4.69, 9.17) is 6.42 Å². The molecule has 0 radical (unpaired) electrons. The predicted octanol–water partition coefficient (Wildman–Crippen LogP) is 1.46. The van der Waals surface area contributed by atoms with Crippen molar-refractivity contribution in [3.63, 3.8) is 0 Å². The van der Waals surface area contributed by atoms with Crippen LogP contribution >= 0.6 is 11.3 Å². The van der Waals surface area contributed by atoms with Gasteiger partial charge in [0.1, 0.15) is 5.01 Å². The number of nitrogens with zero attached hydrogens (tertiary/aromatic N) is 2. The topological polar surface area (TPSA) is 25.8 Å². The minimum Gasteiger partial charge on any atom is -0.143 e. The second-order valence-electron chi connectivity index (χ2n) is 1.27. The van der Waals surface area contributed by atoms with E-state index in [1.54, 1.807) is 0 Å². The van der Waals surface area contributed by atoms with E-state index in [1.165, 1.54) is 11.3 Å². The zero-order valence-corrected chi connectivity index (χ0v) is 5.20. The molecule has 0 aliphatic carbocycles. The number of terminal acetylenes is 1. The first-order valence-electron chi connectivity index (χ1n) is 2.09. The van der Waals surface area contributed by atoms with Gasteiger partial charge in [0.15, 0.2) is 5.01 Å². The molecule has 0 aromatic carbocycles. The lowest BCUT2D eigenvalue weighted by atomic mass is 10.8. The Hall–Kier alpha value is -0.880. The highest BCUT2D eigenvalue weighted by Gasteiger charge is 1.91. The van der Waals surface area contributed by atoms with Gasteiger partial charge in [0.05, 0.1) is 0 Å². The summed E-state index contributed by atoms with van der Waals surface area (Å²) in [6.45, 7) is 1.87. The molecule has 2 nitrogen and oxygen atoms in total. The summed E-state index contributed by atoms with van der Waals surface area (Å²) < 4.78 is 0. The highest BCUT2D eigenvalue weighted by Crippen LogP contribution is 2.04. The van der Waals surface area contributed by atoms with Crippen LogP contribution < -0.4 is 0 Å². The Morgan fingerprint density at radius 1 is 1.56 bits per heavy atom. The van der Waals surface area contributed by atoms with E-state index in [9.17, 15) is 0 Å². The highest BCUT2D eigenvalue weighted by molar-refractivity contribution is 7.11. The van der Waals surface area contributed by atoms with Gasteiger partial charge in [0.25, 0.3) is 0 Å². The molecule has 48 valence electrons. The minimum absolute atomic E-state index is 0. The number of hydrogen-bond donors (Lipinski definition) is 0. The average Bonchev–Trinajstić information content (AvgIpc) is 2.14. The second-order valence-corrected chi connectivity index (χ2v) is 2.45. The normalized spacial score (nSPS) is 7.56. The van der Waals surface area contributed by atoms with Crippen molar-refractivity contribution in [2.45, 2.75) is 14.4 Å². The third-order valence-electron chi connectivity index (χ3n) is 0.650. The SMILES string of the molecule is C.C#Cc1nnc(C)s1. The molecular weight excluding hydrogens is 132 g/mol. The van der Waals surface area contributed by atoms with Crippen LogP contribution in [0.4, 0.5) is 0 Å². The minimum atomic E-state index is 0. The summed E-state index contributed by atoms with van der Waals surface area (Å²) >= 11 is 1.43. The van der Waals surface area contributed by atoms with Gasteiger partial charge in [0.2, 0.25) is 0 Å². The molecule has 0 atom stereocenters. The Bertz CT molecular complexity index is 221. The standard InChI is InChI=1S/C5H4N2S.CH4/c1-3-5-7-6-4(2)8-5;/h1H,2H3;1H4. The maximum Gasteiger partial charge on any atom is 0.190 e. The first kappa shape index (κ1) is 8.12. The van der Waals surface area contributed by atoms with Gasteiger partial charge in [-0.1, -0.05) is 18.8 Å². The molecule has 0 aliphatic heterocycles.